The number of nitrogens with one attached hydrogen (secondary N) is 1. The van der Waals surface area contributed by atoms with E-state index in [0.717, 1.165) is 30.9 Å². The van der Waals surface area contributed by atoms with Crippen molar-refractivity contribution >= 4 is 27.4 Å². The highest BCUT2D eigenvalue weighted by Gasteiger charge is 2.23. The van der Waals surface area contributed by atoms with Gasteiger partial charge < -0.3 is 10.7 Å². The molecule has 0 bridgehead atoms. The molecule has 0 aliphatic heterocycles. The minimum absolute atomic E-state index is 0.154. The van der Waals surface area contributed by atoms with E-state index in [1.807, 2.05) is 0 Å². The van der Waals surface area contributed by atoms with Crippen LogP contribution in [0.25, 0.3) is 22.4 Å². The third-order valence-corrected chi connectivity index (χ3v) is 5.06. The second-order valence-corrected chi connectivity index (χ2v) is 6.46. The number of imidazole rings is 1. The standard InChI is InChI=1S/C15H13F2N3S/c16-7-5-9(17)13-10(6-7)19-15(20-13)12-8-3-1-2-4-11(8)21-14(12)18/h5-6H,1-4,18H2,(H,19,20). The Morgan fingerprint density at radius 3 is 2.86 bits per heavy atom. The van der Waals surface area contributed by atoms with E-state index in [1.54, 1.807) is 11.3 Å². The highest BCUT2D eigenvalue weighted by atomic mass is 32.1. The molecule has 0 amide bonds. The van der Waals surface area contributed by atoms with E-state index in [9.17, 15) is 8.78 Å². The molecule has 21 heavy (non-hydrogen) atoms. The molecule has 2 heterocycles. The molecule has 0 fully saturated rings. The number of hydrogen-bond donors (Lipinski definition) is 2. The number of aromatic nitrogens is 2. The van der Waals surface area contributed by atoms with Crippen molar-refractivity contribution in [1.82, 2.24) is 9.97 Å². The van der Waals surface area contributed by atoms with Gasteiger partial charge in [-0.25, -0.2) is 13.8 Å². The lowest BCUT2D eigenvalue weighted by molar-refractivity contribution is 0.591. The molecule has 1 aromatic carbocycles. The fourth-order valence-corrected chi connectivity index (χ4v) is 4.17. The van der Waals surface area contributed by atoms with Gasteiger partial charge in [-0.2, -0.15) is 0 Å². The monoisotopic (exact) mass is 305 g/mol. The fraction of sp³-hybridized carbons (Fsp3) is 0.267. The first-order chi connectivity index (χ1) is 10.1. The molecule has 2 aromatic heterocycles. The van der Waals surface area contributed by atoms with Gasteiger partial charge in [0.1, 0.15) is 17.2 Å². The maximum atomic E-state index is 13.8. The summed E-state index contributed by atoms with van der Waals surface area (Å²) in [5.74, 6) is -0.739. The van der Waals surface area contributed by atoms with Gasteiger partial charge in [-0.1, -0.05) is 0 Å². The fourth-order valence-electron chi connectivity index (χ4n) is 3.01. The van der Waals surface area contributed by atoms with E-state index in [4.69, 9.17) is 5.73 Å². The zero-order chi connectivity index (χ0) is 14.6. The largest absolute Gasteiger partial charge is 0.390 e. The molecule has 0 radical (unpaired) electrons. The van der Waals surface area contributed by atoms with Crippen molar-refractivity contribution in [3.8, 4) is 11.4 Å². The van der Waals surface area contributed by atoms with Crippen LogP contribution in [0.2, 0.25) is 0 Å². The van der Waals surface area contributed by atoms with E-state index in [-0.39, 0.29) is 5.52 Å². The van der Waals surface area contributed by atoms with E-state index < -0.39 is 11.6 Å². The third-order valence-electron chi connectivity index (χ3n) is 3.94. The smallest absolute Gasteiger partial charge is 0.153 e. The van der Waals surface area contributed by atoms with Gasteiger partial charge in [0.05, 0.1) is 16.1 Å². The molecule has 0 unspecified atom stereocenters. The summed E-state index contributed by atoms with van der Waals surface area (Å²) >= 11 is 1.58. The molecule has 6 heteroatoms. The lowest BCUT2D eigenvalue weighted by atomic mass is 9.95. The van der Waals surface area contributed by atoms with E-state index >= 15 is 0 Å². The number of benzene rings is 1. The average molecular weight is 305 g/mol. The Balaban J connectivity index is 1.95. The van der Waals surface area contributed by atoms with Gasteiger partial charge in [0.25, 0.3) is 0 Å². The first kappa shape index (κ1) is 12.8. The molecule has 0 spiro atoms. The first-order valence-corrected chi connectivity index (χ1v) is 7.70. The van der Waals surface area contributed by atoms with Gasteiger partial charge in [-0.15, -0.1) is 11.3 Å². The van der Waals surface area contributed by atoms with Crippen LogP contribution >= 0.6 is 11.3 Å². The van der Waals surface area contributed by atoms with Crippen LogP contribution in [0.4, 0.5) is 13.8 Å². The number of H-pyrrole nitrogens is 1. The highest BCUT2D eigenvalue weighted by molar-refractivity contribution is 7.16. The SMILES string of the molecule is Nc1sc2c(c1-c1nc3c(F)cc(F)cc3[nH]1)CCCC2. The Kier molecular flexibility index (Phi) is 2.75. The van der Waals surface area contributed by atoms with Crippen LogP contribution in [0.5, 0.6) is 0 Å². The summed E-state index contributed by atoms with van der Waals surface area (Å²) in [6.07, 6.45) is 4.30. The van der Waals surface area contributed by atoms with Crippen LogP contribution in [-0.4, -0.2) is 9.97 Å². The van der Waals surface area contributed by atoms with Gasteiger partial charge in [0.15, 0.2) is 5.82 Å². The number of thiophene rings is 1. The predicted molar refractivity (Wildman–Crippen MR) is 80.4 cm³/mol. The number of halogens is 2. The van der Waals surface area contributed by atoms with Crippen LogP contribution in [0, 0.1) is 11.6 Å². The lowest BCUT2D eigenvalue weighted by Crippen LogP contribution is -2.00. The molecular weight excluding hydrogens is 292 g/mol. The Morgan fingerprint density at radius 2 is 2.00 bits per heavy atom. The summed E-state index contributed by atoms with van der Waals surface area (Å²) < 4.78 is 27.1. The van der Waals surface area contributed by atoms with Crippen molar-refractivity contribution in [2.75, 3.05) is 5.73 Å². The maximum Gasteiger partial charge on any atom is 0.153 e. The Hall–Kier alpha value is -1.95. The molecule has 4 rings (SSSR count). The highest BCUT2D eigenvalue weighted by Crippen LogP contribution is 2.42. The quantitative estimate of drug-likeness (QED) is 0.713. The number of aromatic amines is 1. The number of anilines is 1. The number of hydrogen-bond acceptors (Lipinski definition) is 3. The minimum atomic E-state index is -0.657. The molecule has 3 aromatic rings. The van der Waals surface area contributed by atoms with E-state index in [2.05, 4.69) is 9.97 Å². The molecule has 1 aliphatic carbocycles. The second kappa shape index (κ2) is 4.53. The zero-order valence-electron chi connectivity index (χ0n) is 11.2. The molecule has 0 saturated heterocycles. The van der Waals surface area contributed by atoms with Crippen molar-refractivity contribution in [1.29, 1.82) is 0 Å². The van der Waals surface area contributed by atoms with Crippen LogP contribution in [0.15, 0.2) is 12.1 Å². The van der Waals surface area contributed by atoms with Crippen molar-refractivity contribution in [3.63, 3.8) is 0 Å². The van der Waals surface area contributed by atoms with Crippen LogP contribution < -0.4 is 5.73 Å². The average Bonchev–Trinajstić information content (AvgIpc) is 2.98. The van der Waals surface area contributed by atoms with Crippen molar-refractivity contribution in [2.45, 2.75) is 25.7 Å². The van der Waals surface area contributed by atoms with Crippen molar-refractivity contribution < 1.29 is 8.78 Å². The van der Waals surface area contributed by atoms with Gasteiger partial charge in [0.2, 0.25) is 0 Å². The second-order valence-electron chi connectivity index (χ2n) is 5.32. The summed E-state index contributed by atoms with van der Waals surface area (Å²) in [7, 11) is 0. The number of nitrogens with zero attached hydrogens (tertiary/aromatic N) is 1. The molecule has 3 nitrogen and oxygen atoms in total. The minimum Gasteiger partial charge on any atom is -0.390 e. The molecular formula is C15H13F2N3S. The molecule has 1 aliphatic rings. The summed E-state index contributed by atoms with van der Waals surface area (Å²) in [6.45, 7) is 0. The Morgan fingerprint density at radius 1 is 1.19 bits per heavy atom. The van der Waals surface area contributed by atoms with Crippen molar-refractivity contribution in [3.05, 3.63) is 34.2 Å². The van der Waals surface area contributed by atoms with Crippen molar-refractivity contribution in [2.24, 2.45) is 0 Å². The lowest BCUT2D eigenvalue weighted by Gasteiger charge is -2.11. The van der Waals surface area contributed by atoms with Crippen LogP contribution in [0.3, 0.4) is 0 Å². The van der Waals surface area contributed by atoms with E-state index in [1.165, 1.54) is 22.9 Å². The number of nitrogen functional groups attached to an aromatic ring is 1. The molecule has 3 N–H and O–H groups in total. The zero-order valence-corrected chi connectivity index (χ0v) is 12.0. The summed E-state index contributed by atoms with van der Waals surface area (Å²) in [5.41, 5.74) is 8.72. The topological polar surface area (TPSA) is 54.7 Å². The normalized spacial score (nSPS) is 14.6. The third kappa shape index (κ3) is 1.93. The number of fused-ring (bicyclic) bond motifs is 2. The maximum absolute atomic E-state index is 13.8. The van der Waals surface area contributed by atoms with Gasteiger partial charge in [-0.05, 0) is 37.3 Å². The molecule has 0 atom stereocenters. The Labute approximate surface area is 123 Å². The van der Waals surface area contributed by atoms with Gasteiger partial charge in [0, 0.05) is 10.9 Å². The van der Waals surface area contributed by atoms with Crippen LogP contribution in [-0.2, 0) is 12.8 Å². The summed E-state index contributed by atoms with van der Waals surface area (Å²) in [4.78, 5) is 8.59. The predicted octanol–water partition coefficient (Wildman–Crippen LogP) is 4.03. The van der Waals surface area contributed by atoms with Gasteiger partial charge in [-0.3, -0.25) is 0 Å². The number of rotatable bonds is 1. The number of aryl methyl sites for hydroxylation is 1. The molecule has 0 saturated carbocycles. The summed E-state index contributed by atoms with van der Waals surface area (Å²) in [6, 6.07) is 2.10. The molecule has 108 valence electrons. The van der Waals surface area contributed by atoms with E-state index in [0.29, 0.717) is 16.3 Å². The first-order valence-electron chi connectivity index (χ1n) is 6.88. The Bertz CT molecular complexity index is 850. The summed E-state index contributed by atoms with van der Waals surface area (Å²) in [5, 5.41) is 0.696. The van der Waals surface area contributed by atoms with Gasteiger partial charge >= 0.3 is 0 Å². The number of nitrogens with two attached hydrogens (primary N) is 1. The van der Waals surface area contributed by atoms with Crippen LogP contribution in [0.1, 0.15) is 23.3 Å².